The zero-order valence-corrected chi connectivity index (χ0v) is 8.69. The SMILES string of the molecule is CC(CBr)CSc1ncco1. The van der Waals surface area contributed by atoms with Crippen LogP contribution in [0.5, 0.6) is 0 Å². The number of hydrogen-bond acceptors (Lipinski definition) is 3. The van der Waals surface area contributed by atoms with Crippen LogP contribution in [-0.2, 0) is 0 Å². The Morgan fingerprint density at radius 2 is 2.64 bits per heavy atom. The molecule has 0 aromatic carbocycles. The van der Waals surface area contributed by atoms with E-state index in [9.17, 15) is 0 Å². The maximum Gasteiger partial charge on any atom is 0.255 e. The van der Waals surface area contributed by atoms with Gasteiger partial charge in [0.2, 0.25) is 0 Å². The Hall–Kier alpha value is 0.0400. The molecule has 1 atom stereocenters. The van der Waals surface area contributed by atoms with Gasteiger partial charge in [0.15, 0.2) is 0 Å². The molecule has 0 fully saturated rings. The number of thioether (sulfide) groups is 1. The first-order chi connectivity index (χ1) is 5.33. The Labute approximate surface area is 78.9 Å². The van der Waals surface area contributed by atoms with Gasteiger partial charge in [-0.3, -0.25) is 0 Å². The summed E-state index contributed by atoms with van der Waals surface area (Å²) in [4.78, 5) is 4.00. The van der Waals surface area contributed by atoms with Gasteiger partial charge in [-0.25, -0.2) is 4.98 Å². The van der Waals surface area contributed by atoms with E-state index in [1.807, 2.05) is 0 Å². The molecule has 62 valence electrons. The first-order valence-electron chi connectivity index (χ1n) is 3.41. The molecule has 1 unspecified atom stereocenters. The molecule has 4 heteroatoms. The van der Waals surface area contributed by atoms with E-state index >= 15 is 0 Å². The Morgan fingerprint density at radius 3 is 3.18 bits per heavy atom. The van der Waals surface area contributed by atoms with Crippen molar-refractivity contribution in [2.45, 2.75) is 12.1 Å². The summed E-state index contributed by atoms with van der Waals surface area (Å²) in [5.74, 6) is 1.71. The molecule has 1 rings (SSSR count). The van der Waals surface area contributed by atoms with Crippen molar-refractivity contribution in [3.63, 3.8) is 0 Å². The highest BCUT2D eigenvalue weighted by Crippen LogP contribution is 2.18. The summed E-state index contributed by atoms with van der Waals surface area (Å²) < 4.78 is 5.06. The average molecular weight is 236 g/mol. The van der Waals surface area contributed by atoms with Crippen LogP contribution in [0.25, 0.3) is 0 Å². The third kappa shape index (κ3) is 3.29. The normalized spacial score (nSPS) is 13.3. The van der Waals surface area contributed by atoms with Gasteiger partial charge < -0.3 is 4.42 Å². The minimum absolute atomic E-state index is 0.659. The van der Waals surface area contributed by atoms with Crippen molar-refractivity contribution in [2.24, 2.45) is 5.92 Å². The highest BCUT2D eigenvalue weighted by Gasteiger charge is 2.03. The molecular weight excluding hydrogens is 226 g/mol. The van der Waals surface area contributed by atoms with Crippen LogP contribution < -0.4 is 0 Å². The lowest BCUT2D eigenvalue weighted by atomic mass is 10.3. The van der Waals surface area contributed by atoms with Crippen LogP contribution in [0.2, 0.25) is 0 Å². The fourth-order valence-corrected chi connectivity index (χ4v) is 1.88. The molecule has 0 aliphatic rings. The van der Waals surface area contributed by atoms with Crippen LogP contribution in [0.3, 0.4) is 0 Å². The molecule has 11 heavy (non-hydrogen) atoms. The van der Waals surface area contributed by atoms with E-state index in [0.29, 0.717) is 5.92 Å². The van der Waals surface area contributed by atoms with E-state index in [1.165, 1.54) is 0 Å². The number of aromatic nitrogens is 1. The van der Waals surface area contributed by atoms with Gasteiger partial charge in [0.25, 0.3) is 5.22 Å². The molecule has 0 N–H and O–H groups in total. The fourth-order valence-electron chi connectivity index (χ4n) is 0.540. The van der Waals surface area contributed by atoms with Crippen molar-refractivity contribution in [1.82, 2.24) is 4.98 Å². The van der Waals surface area contributed by atoms with E-state index in [2.05, 4.69) is 27.8 Å². The van der Waals surface area contributed by atoms with Gasteiger partial charge in [-0.05, 0) is 5.92 Å². The zero-order chi connectivity index (χ0) is 8.10. The highest BCUT2D eigenvalue weighted by molar-refractivity contribution is 9.09. The Balaban J connectivity index is 2.23. The summed E-state index contributed by atoms with van der Waals surface area (Å²) in [7, 11) is 0. The molecule has 1 aromatic heterocycles. The number of rotatable bonds is 4. The molecule has 0 amide bonds. The van der Waals surface area contributed by atoms with Gasteiger partial charge in [-0.1, -0.05) is 34.6 Å². The predicted octanol–water partition coefficient (Wildman–Crippen LogP) is 2.80. The molecule has 0 spiro atoms. The van der Waals surface area contributed by atoms with Crippen molar-refractivity contribution in [1.29, 1.82) is 0 Å². The van der Waals surface area contributed by atoms with E-state index in [1.54, 1.807) is 24.2 Å². The zero-order valence-electron chi connectivity index (χ0n) is 6.29. The number of hydrogen-bond donors (Lipinski definition) is 0. The summed E-state index contributed by atoms with van der Waals surface area (Å²) in [5.41, 5.74) is 0. The summed E-state index contributed by atoms with van der Waals surface area (Å²) >= 11 is 5.07. The Bertz CT molecular complexity index is 190. The minimum atomic E-state index is 0.659. The van der Waals surface area contributed by atoms with Gasteiger partial charge in [-0.15, -0.1) is 0 Å². The standard InChI is InChI=1S/C7H10BrNOS/c1-6(4-8)5-11-7-9-2-3-10-7/h2-3,6H,4-5H2,1H3. The molecular formula is C7H10BrNOS. The Morgan fingerprint density at radius 1 is 1.82 bits per heavy atom. The molecule has 1 aromatic rings. The number of nitrogens with zero attached hydrogens (tertiary/aromatic N) is 1. The van der Waals surface area contributed by atoms with Crippen molar-refractivity contribution in [3.05, 3.63) is 12.5 Å². The summed E-state index contributed by atoms with van der Waals surface area (Å²) in [6.45, 7) is 2.19. The van der Waals surface area contributed by atoms with E-state index in [-0.39, 0.29) is 0 Å². The van der Waals surface area contributed by atoms with Crippen LogP contribution >= 0.6 is 27.7 Å². The predicted molar refractivity (Wildman–Crippen MR) is 50.2 cm³/mol. The first-order valence-corrected chi connectivity index (χ1v) is 5.52. The molecule has 2 nitrogen and oxygen atoms in total. The first kappa shape index (κ1) is 9.13. The van der Waals surface area contributed by atoms with Crippen LogP contribution in [0, 0.1) is 5.92 Å². The van der Waals surface area contributed by atoms with Crippen molar-refractivity contribution in [3.8, 4) is 0 Å². The third-order valence-corrected chi connectivity index (χ3v) is 3.45. The molecule has 0 saturated carbocycles. The van der Waals surface area contributed by atoms with Crippen LogP contribution in [-0.4, -0.2) is 16.1 Å². The van der Waals surface area contributed by atoms with Crippen molar-refractivity contribution < 1.29 is 4.42 Å². The monoisotopic (exact) mass is 235 g/mol. The lowest BCUT2D eigenvalue weighted by Gasteiger charge is -2.02. The van der Waals surface area contributed by atoms with Crippen LogP contribution in [0.4, 0.5) is 0 Å². The topological polar surface area (TPSA) is 26.0 Å². The summed E-state index contributed by atoms with van der Waals surface area (Å²) in [5, 5.41) is 1.79. The van der Waals surface area contributed by atoms with E-state index in [4.69, 9.17) is 4.42 Å². The molecule has 0 radical (unpaired) electrons. The maximum atomic E-state index is 5.06. The molecule has 0 saturated heterocycles. The molecule has 1 heterocycles. The van der Waals surface area contributed by atoms with E-state index in [0.717, 1.165) is 16.3 Å². The summed E-state index contributed by atoms with van der Waals surface area (Å²) in [6.07, 6.45) is 3.27. The quantitative estimate of drug-likeness (QED) is 0.593. The highest BCUT2D eigenvalue weighted by atomic mass is 79.9. The lowest BCUT2D eigenvalue weighted by molar-refractivity contribution is 0.453. The third-order valence-electron chi connectivity index (χ3n) is 1.16. The second-order valence-electron chi connectivity index (χ2n) is 2.37. The van der Waals surface area contributed by atoms with Gasteiger partial charge in [0.05, 0.1) is 6.20 Å². The number of halogens is 1. The van der Waals surface area contributed by atoms with Gasteiger partial charge >= 0.3 is 0 Å². The number of oxazole rings is 1. The molecule has 0 aliphatic carbocycles. The van der Waals surface area contributed by atoms with Crippen molar-refractivity contribution in [2.75, 3.05) is 11.1 Å². The maximum absolute atomic E-state index is 5.06. The fraction of sp³-hybridized carbons (Fsp3) is 0.571. The van der Waals surface area contributed by atoms with Crippen molar-refractivity contribution >= 4 is 27.7 Å². The average Bonchev–Trinajstić information content (AvgIpc) is 2.52. The van der Waals surface area contributed by atoms with Crippen LogP contribution in [0.1, 0.15) is 6.92 Å². The Kier molecular flexibility index (Phi) is 4.01. The van der Waals surface area contributed by atoms with E-state index < -0.39 is 0 Å². The van der Waals surface area contributed by atoms with Gasteiger partial charge in [0, 0.05) is 11.1 Å². The second-order valence-corrected chi connectivity index (χ2v) is 3.99. The molecule has 0 aliphatic heterocycles. The largest absolute Gasteiger partial charge is 0.440 e. The van der Waals surface area contributed by atoms with Gasteiger partial charge in [-0.2, -0.15) is 0 Å². The smallest absolute Gasteiger partial charge is 0.255 e. The lowest BCUT2D eigenvalue weighted by Crippen LogP contribution is -1.98. The molecule has 0 bridgehead atoms. The van der Waals surface area contributed by atoms with Crippen LogP contribution in [0.15, 0.2) is 22.1 Å². The number of alkyl halides is 1. The summed E-state index contributed by atoms with van der Waals surface area (Å²) in [6, 6.07) is 0. The minimum Gasteiger partial charge on any atom is -0.440 e. The van der Waals surface area contributed by atoms with Gasteiger partial charge in [0.1, 0.15) is 6.26 Å². The second kappa shape index (κ2) is 4.83.